The zero-order valence-corrected chi connectivity index (χ0v) is 10.2. The molecular weight excluding hydrogens is 192 g/mol. The maximum atomic E-state index is 10.5. The Morgan fingerprint density at radius 2 is 1.64 bits per heavy atom. The van der Waals surface area contributed by atoms with E-state index in [4.69, 9.17) is 4.43 Å². The van der Waals surface area contributed by atoms with Crippen LogP contribution in [0.3, 0.4) is 0 Å². The van der Waals surface area contributed by atoms with E-state index < -0.39 is 8.56 Å². The Balaban J connectivity index is 3.15. The fraction of sp³-hybridized carbons (Fsp3) is 0.455. The van der Waals surface area contributed by atoms with E-state index in [0.29, 0.717) is 0 Å². The second-order valence-corrected chi connectivity index (χ2v) is 8.24. The highest BCUT2D eigenvalue weighted by molar-refractivity contribution is 6.82. The van der Waals surface area contributed by atoms with Crippen LogP contribution in [0.15, 0.2) is 30.3 Å². The maximum absolute atomic E-state index is 10.5. The summed E-state index contributed by atoms with van der Waals surface area (Å²) in [5, 5.41) is 0.707. The van der Waals surface area contributed by atoms with Gasteiger partial charge in [0.2, 0.25) is 0 Å². The highest BCUT2D eigenvalue weighted by Gasteiger charge is 2.47. The van der Waals surface area contributed by atoms with Gasteiger partial charge in [-0.25, -0.2) is 0 Å². The minimum absolute atomic E-state index is 0.219. The van der Waals surface area contributed by atoms with Gasteiger partial charge in [-0.2, -0.15) is 0 Å². The van der Waals surface area contributed by atoms with Crippen LogP contribution in [0.25, 0.3) is 0 Å². The first-order valence-corrected chi connectivity index (χ1v) is 6.60. The van der Waals surface area contributed by atoms with E-state index in [9.17, 15) is 4.80 Å². The fourth-order valence-electron chi connectivity index (χ4n) is 1.52. The molecule has 1 unspecified atom stereocenters. The Morgan fingerprint density at radius 3 is 2.00 bits per heavy atom. The van der Waals surface area contributed by atoms with Gasteiger partial charge in [-0.15, -0.1) is 0 Å². The minimum Gasteiger partial charge on any atom is -0.407 e. The second-order valence-electron chi connectivity index (χ2n) is 4.46. The van der Waals surface area contributed by atoms with Gasteiger partial charge in [0, 0.05) is 12.1 Å². The van der Waals surface area contributed by atoms with Gasteiger partial charge in [0.25, 0.3) is 0 Å². The molecule has 14 heavy (non-hydrogen) atoms. The molecule has 1 rings (SSSR count). The molecule has 0 heterocycles. The number of rotatable bonds is 2. The van der Waals surface area contributed by atoms with Gasteiger partial charge in [0.1, 0.15) is 0 Å². The van der Waals surface area contributed by atoms with Crippen LogP contribution in [0, 0.1) is 0 Å². The van der Waals surface area contributed by atoms with Gasteiger partial charge >= 0.3 is 8.56 Å². The quantitative estimate of drug-likeness (QED) is 0.754. The molecule has 0 amide bonds. The summed E-state index contributed by atoms with van der Waals surface area (Å²) in [7, 11) is -1.21. The van der Waals surface area contributed by atoms with E-state index in [1.807, 2.05) is 51.1 Å². The Kier molecular flexibility index (Phi) is 3.14. The van der Waals surface area contributed by atoms with Crippen molar-refractivity contribution in [1.82, 2.24) is 0 Å². The average molecular weight is 210 g/mol. The van der Waals surface area contributed by atoms with Gasteiger partial charge in [-0.05, 0) is 5.19 Å². The molecule has 3 heteroatoms. The van der Waals surface area contributed by atoms with Crippen molar-refractivity contribution in [2.45, 2.75) is 25.8 Å². The van der Waals surface area contributed by atoms with Crippen molar-refractivity contribution < 1.29 is 9.22 Å². The summed E-state index contributed by atoms with van der Waals surface area (Å²) in [5.74, 6) is 0. The van der Waals surface area contributed by atoms with Crippen molar-refractivity contribution >= 4 is 13.7 Å². The van der Waals surface area contributed by atoms with E-state index in [0.717, 1.165) is 5.19 Å². The summed E-state index contributed by atoms with van der Waals surface area (Å²) in [5.41, 5.74) is 0. The number of benzene rings is 1. The van der Waals surface area contributed by atoms with Crippen LogP contribution in [0.2, 0.25) is 5.04 Å². The molecule has 0 spiro atoms. The van der Waals surface area contributed by atoms with E-state index in [1.54, 1.807) is 7.11 Å². The lowest BCUT2D eigenvalue weighted by Gasteiger charge is -2.35. The number of hydrogen-bond acceptors (Lipinski definition) is 2. The number of hydrogen-bond donors (Lipinski definition) is 1. The molecule has 1 N–H and O–H groups in total. The van der Waals surface area contributed by atoms with Crippen molar-refractivity contribution in [3.8, 4) is 0 Å². The lowest BCUT2D eigenvalue weighted by atomic mass is 10.2. The minimum atomic E-state index is -2.80. The zero-order valence-electron chi connectivity index (χ0n) is 9.24. The Hall–Kier alpha value is -0.643. The van der Waals surface area contributed by atoms with Gasteiger partial charge in [-0.1, -0.05) is 51.1 Å². The first kappa shape index (κ1) is 11.4. The average Bonchev–Trinajstić information content (AvgIpc) is 2.16. The second kappa shape index (κ2) is 3.85. The van der Waals surface area contributed by atoms with Crippen molar-refractivity contribution in [3.63, 3.8) is 0 Å². The van der Waals surface area contributed by atoms with Crippen LogP contribution in [0.5, 0.6) is 0 Å². The zero-order chi connectivity index (χ0) is 10.8. The molecule has 0 saturated heterocycles. The predicted octanol–water partition coefficient (Wildman–Crippen LogP) is 1.77. The van der Waals surface area contributed by atoms with Crippen molar-refractivity contribution in [2.24, 2.45) is 0 Å². The third kappa shape index (κ3) is 1.89. The monoisotopic (exact) mass is 210 g/mol. The SMILES string of the molecule is CO[Si](O)(c1ccccc1)C(C)(C)C. The third-order valence-electron chi connectivity index (χ3n) is 2.48. The van der Waals surface area contributed by atoms with E-state index in [2.05, 4.69) is 0 Å². The lowest BCUT2D eigenvalue weighted by molar-refractivity contribution is 0.273. The van der Waals surface area contributed by atoms with E-state index in [-0.39, 0.29) is 5.04 Å². The summed E-state index contributed by atoms with van der Waals surface area (Å²) in [6.45, 7) is 6.03. The molecule has 0 fully saturated rings. The molecule has 0 saturated carbocycles. The van der Waals surface area contributed by atoms with Crippen molar-refractivity contribution in [3.05, 3.63) is 30.3 Å². The smallest absolute Gasteiger partial charge is 0.375 e. The lowest BCUT2D eigenvalue weighted by Crippen LogP contribution is -2.57. The molecule has 0 aromatic heterocycles. The summed E-state index contributed by atoms with van der Waals surface area (Å²) in [4.78, 5) is 10.5. The van der Waals surface area contributed by atoms with E-state index >= 15 is 0 Å². The molecule has 0 aliphatic carbocycles. The third-order valence-corrected chi connectivity index (χ3v) is 6.22. The van der Waals surface area contributed by atoms with Crippen LogP contribution in [0.1, 0.15) is 20.8 Å². The van der Waals surface area contributed by atoms with E-state index in [1.165, 1.54) is 0 Å². The first-order valence-electron chi connectivity index (χ1n) is 4.75. The Morgan fingerprint density at radius 1 is 1.14 bits per heavy atom. The highest BCUT2D eigenvalue weighted by atomic mass is 28.4. The molecular formula is C11H18O2Si. The fourth-order valence-corrected chi connectivity index (χ4v) is 3.88. The van der Waals surface area contributed by atoms with Crippen LogP contribution in [-0.4, -0.2) is 20.5 Å². The molecule has 0 radical (unpaired) electrons. The predicted molar refractivity (Wildman–Crippen MR) is 60.8 cm³/mol. The largest absolute Gasteiger partial charge is 0.407 e. The summed E-state index contributed by atoms with van der Waals surface area (Å²) in [6.07, 6.45) is 0. The summed E-state index contributed by atoms with van der Waals surface area (Å²) in [6, 6.07) is 9.66. The highest BCUT2D eigenvalue weighted by Crippen LogP contribution is 2.33. The van der Waals surface area contributed by atoms with Crippen LogP contribution in [0.4, 0.5) is 0 Å². The van der Waals surface area contributed by atoms with Gasteiger partial charge < -0.3 is 9.22 Å². The standard InChI is InChI=1S/C11H18O2Si/c1-11(2,3)14(12,13-4)10-8-6-5-7-9-10/h5-9,12H,1-4H3. The van der Waals surface area contributed by atoms with Crippen molar-refractivity contribution in [1.29, 1.82) is 0 Å². The molecule has 1 aromatic carbocycles. The molecule has 1 atom stereocenters. The van der Waals surface area contributed by atoms with Gasteiger partial charge in [0.15, 0.2) is 0 Å². The molecule has 0 bridgehead atoms. The molecule has 78 valence electrons. The summed E-state index contributed by atoms with van der Waals surface area (Å²) >= 11 is 0. The van der Waals surface area contributed by atoms with Crippen LogP contribution >= 0.6 is 0 Å². The first-order chi connectivity index (χ1) is 6.42. The normalized spacial score (nSPS) is 16.4. The van der Waals surface area contributed by atoms with Gasteiger partial charge in [-0.3, -0.25) is 0 Å². The molecule has 0 aliphatic heterocycles. The maximum Gasteiger partial charge on any atom is 0.375 e. The van der Waals surface area contributed by atoms with Gasteiger partial charge in [0.05, 0.1) is 0 Å². The topological polar surface area (TPSA) is 29.5 Å². The Bertz CT molecular complexity index is 292. The molecule has 0 aliphatic rings. The van der Waals surface area contributed by atoms with Crippen molar-refractivity contribution in [2.75, 3.05) is 7.11 Å². The Labute approximate surface area is 86.8 Å². The molecule has 1 aromatic rings. The molecule has 2 nitrogen and oxygen atoms in total. The van der Waals surface area contributed by atoms with Crippen LogP contribution < -0.4 is 5.19 Å². The van der Waals surface area contributed by atoms with Crippen LogP contribution in [-0.2, 0) is 4.43 Å². The summed E-state index contributed by atoms with van der Waals surface area (Å²) < 4.78 is 5.38.